The van der Waals surface area contributed by atoms with Gasteiger partial charge in [-0.25, -0.2) is 13.2 Å². The second kappa shape index (κ2) is 6.33. The topological polar surface area (TPSA) is 28.3 Å². The fourth-order valence-corrected chi connectivity index (χ4v) is 6.27. The molecule has 2 atom stereocenters. The summed E-state index contributed by atoms with van der Waals surface area (Å²) in [5, 5.41) is 2.62. The van der Waals surface area contributed by atoms with Crippen molar-refractivity contribution in [3.63, 3.8) is 0 Å². The predicted molar refractivity (Wildman–Crippen MR) is 108 cm³/mol. The maximum atomic E-state index is 16.0. The number of rotatable bonds is 2. The molecule has 3 nitrogen and oxygen atoms in total. The minimum Gasteiger partial charge on any atom is -0.362 e. The molecule has 3 aromatic rings. The summed E-state index contributed by atoms with van der Waals surface area (Å²) in [6, 6.07) is 8.26. The Morgan fingerprint density at radius 1 is 1.17 bits per heavy atom. The van der Waals surface area contributed by atoms with E-state index in [0.717, 1.165) is 10.4 Å². The highest BCUT2D eigenvalue weighted by Gasteiger charge is 2.66. The van der Waals surface area contributed by atoms with E-state index in [1.807, 2.05) is 36.5 Å². The zero-order valence-corrected chi connectivity index (χ0v) is 17.2. The Morgan fingerprint density at radius 3 is 2.69 bits per heavy atom. The molecule has 3 heterocycles. The number of hydrogen-bond donors (Lipinski definition) is 1. The highest BCUT2D eigenvalue weighted by molar-refractivity contribution is 7.10. The van der Waals surface area contributed by atoms with E-state index in [0.29, 0.717) is 29.4 Å². The van der Waals surface area contributed by atoms with Crippen LogP contribution in [0.5, 0.6) is 0 Å². The fraction of sp³-hybridized carbons (Fsp3) is 0.455. The van der Waals surface area contributed by atoms with Crippen LogP contribution in [0, 0.1) is 5.82 Å². The predicted octanol–water partition coefficient (Wildman–Crippen LogP) is 5.41. The van der Waals surface area contributed by atoms with Gasteiger partial charge in [0.15, 0.2) is 5.60 Å². The first kappa shape index (κ1) is 19.2. The standard InChI is InChI=1S/C22H23F3N2OS/c1-27(2)20(18-4-3-11-29-18)8-9-21(22(24,25)13-20)19-15(7-10-28-21)16-12-14(23)5-6-17(16)26-19/h3-6,11-12,26H,7-10,13H2,1-2H3. The van der Waals surface area contributed by atoms with Gasteiger partial charge in [-0.3, -0.25) is 4.90 Å². The Hall–Kier alpha value is -1.83. The summed E-state index contributed by atoms with van der Waals surface area (Å²) in [6.07, 6.45) is 0.925. The number of H-pyrrole nitrogens is 1. The minimum atomic E-state index is -3.09. The Kier molecular flexibility index (Phi) is 4.18. The molecule has 29 heavy (non-hydrogen) atoms. The lowest BCUT2D eigenvalue weighted by Gasteiger charge is -2.53. The number of ether oxygens (including phenoxy) is 1. The van der Waals surface area contributed by atoms with Gasteiger partial charge in [0.2, 0.25) is 0 Å². The smallest absolute Gasteiger partial charge is 0.284 e. The van der Waals surface area contributed by atoms with Crippen molar-refractivity contribution in [2.24, 2.45) is 0 Å². The largest absolute Gasteiger partial charge is 0.362 e. The molecule has 0 amide bonds. The first-order valence-electron chi connectivity index (χ1n) is 9.83. The van der Waals surface area contributed by atoms with Gasteiger partial charge in [0.05, 0.1) is 17.8 Å². The molecule has 0 radical (unpaired) electrons. The van der Waals surface area contributed by atoms with E-state index in [4.69, 9.17) is 4.74 Å². The molecule has 154 valence electrons. The van der Waals surface area contributed by atoms with Gasteiger partial charge in [-0.15, -0.1) is 11.3 Å². The summed E-state index contributed by atoms with van der Waals surface area (Å²) in [7, 11) is 3.74. The second-order valence-corrected chi connectivity index (χ2v) is 9.33. The maximum absolute atomic E-state index is 16.0. The van der Waals surface area contributed by atoms with E-state index in [1.54, 1.807) is 6.07 Å². The van der Waals surface area contributed by atoms with Crippen molar-refractivity contribution in [3.05, 3.63) is 57.7 Å². The van der Waals surface area contributed by atoms with Gasteiger partial charge < -0.3 is 9.72 Å². The molecule has 1 saturated carbocycles. The molecule has 1 aliphatic heterocycles. The van der Waals surface area contributed by atoms with Crippen LogP contribution in [0.1, 0.15) is 35.4 Å². The Bertz CT molecular complexity index is 1060. The van der Waals surface area contributed by atoms with Crippen LogP contribution in [0.3, 0.4) is 0 Å². The van der Waals surface area contributed by atoms with Gasteiger partial charge in [0.1, 0.15) is 5.82 Å². The van der Waals surface area contributed by atoms with Gasteiger partial charge in [-0.05, 0) is 68.6 Å². The molecule has 0 bridgehead atoms. The van der Waals surface area contributed by atoms with Crippen molar-refractivity contribution in [1.82, 2.24) is 9.88 Å². The van der Waals surface area contributed by atoms with Crippen LogP contribution in [-0.4, -0.2) is 36.5 Å². The molecule has 1 spiro atoms. The quantitative estimate of drug-likeness (QED) is 0.600. The van der Waals surface area contributed by atoms with Crippen molar-refractivity contribution in [1.29, 1.82) is 0 Å². The summed E-state index contributed by atoms with van der Waals surface area (Å²) < 4.78 is 51.8. The third-order valence-corrected chi connectivity index (χ3v) is 7.87. The molecule has 1 fully saturated rings. The summed E-state index contributed by atoms with van der Waals surface area (Å²) in [5.41, 5.74) is -0.568. The maximum Gasteiger partial charge on any atom is 0.284 e. The summed E-state index contributed by atoms with van der Waals surface area (Å²) in [5.74, 6) is -3.45. The zero-order chi connectivity index (χ0) is 20.4. The summed E-state index contributed by atoms with van der Waals surface area (Å²) >= 11 is 1.52. The Morgan fingerprint density at radius 2 is 2.00 bits per heavy atom. The molecule has 1 aromatic carbocycles. The number of aromatic nitrogens is 1. The van der Waals surface area contributed by atoms with Crippen LogP contribution in [0.4, 0.5) is 13.2 Å². The van der Waals surface area contributed by atoms with Crippen molar-refractivity contribution in [3.8, 4) is 0 Å². The van der Waals surface area contributed by atoms with Crippen LogP contribution in [0.2, 0.25) is 0 Å². The number of hydrogen-bond acceptors (Lipinski definition) is 3. The first-order valence-corrected chi connectivity index (χ1v) is 10.7. The van der Waals surface area contributed by atoms with Crippen LogP contribution in [0.25, 0.3) is 10.9 Å². The van der Waals surface area contributed by atoms with Crippen LogP contribution < -0.4 is 0 Å². The SMILES string of the molecule is CN(C)C1(c2cccs2)CCC2(OCCc3c2[nH]c2ccc(F)cc32)C(F)(F)C1. The monoisotopic (exact) mass is 420 g/mol. The van der Waals surface area contributed by atoms with E-state index in [-0.39, 0.29) is 25.3 Å². The highest BCUT2D eigenvalue weighted by atomic mass is 32.1. The van der Waals surface area contributed by atoms with E-state index in [1.165, 1.54) is 23.5 Å². The Balaban J connectivity index is 1.64. The van der Waals surface area contributed by atoms with Crippen LogP contribution >= 0.6 is 11.3 Å². The summed E-state index contributed by atoms with van der Waals surface area (Å²) in [4.78, 5) is 6.04. The molecule has 1 aliphatic carbocycles. The normalized spacial score (nSPS) is 28.9. The van der Waals surface area contributed by atoms with Gasteiger partial charge in [0, 0.05) is 22.2 Å². The zero-order valence-electron chi connectivity index (χ0n) is 16.4. The third-order valence-electron chi connectivity index (χ3n) is 6.80. The Labute approximate surface area is 171 Å². The molecular formula is C22H23F3N2OS. The average molecular weight is 420 g/mol. The van der Waals surface area contributed by atoms with Crippen molar-refractivity contribution < 1.29 is 17.9 Å². The molecule has 2 aliphatic rings. The van der Waals surface area contributed by atoms with E-state index in [2.05, 4.69) is 4.98 Å². The van der Waals surface area contributed by atoms with Gasteiger partial charge in [-0.1, -0.05) is 6.07 Å². The molecule has 1 N–H and O–H groups in total. The number of nitrogens with zero attached hydrogens (tertiary/aromatic N) is 1. The van der Waals surface area contributed by atoms with Gasteiger partial charge >= 0.3 is 0 Å². The van der Waals surface area contributed by atoms with E-state index < -0.39 is 17.1 Å². The highest BCUT2D eigenvalue weighted by Crippen LogP contribution is 2.59. The minimum absolute atomic E-state index is 0.193. The lowest BCUT2D eigenvalue weighted by atomic mass is 9.67. The number of alkyl halides is 2. The van der Waals surface area contributed by atoms with Crippen LogP contribution in [-0.2, 0) is 22.3 Å². The van der Waals surface area contributed by atoms with E-state index in [9.17, 15) is 4.39 Å². The molecule has 2 aromatic heterocycles. The molecule has 7 heteroatoms. The molecule has 5 rings (SSSR count). The summed E-state index contributed by atoms with van der Waals surface area (Å²) in [6.45, 7) is 0.208. The molecule has 2 unspecified atom stereocenters. The molecular weight excluding hydrogens is 397 g/mol. The number of fused-ring (bicyclic) bond motifs is 4. The van der Waals surface area contributed by atoms with Crippen molar-refractivity contribution >= 4 is 22.2 Å². The first-order chi connectivity index (χ1) is 13.8. The lowest BCUT2D eigenvalue weighted by Crippen LogP contribution is -2.60. The fourth-order valence-electron chi connectivity index (χ4n) is 5.23. The number of nitrogens with one attached hydrogen (secondary N) is 1. The van der Waals surface area contributed by atoms with E-state index >= 15 is 8.78 Å². The number of aromatic amines is 1. The van der Waals surface area contributed by atoms with Crippen LogP contribution in [0.15, 0.2) is 35.7 Å². The lowest BCUT2D eigenvalue weighted by molar-refractivity contribution is -0.263. The number of halogens is 3. The second-order valence-electron chi connectivity index (χ2n) is 8.38. The van der Waals surface area contributed by atoms with Crippen molar-refractivity contribution in [2.45, 2.75) is 42.7 Å². The molecule has 0 saturated heterocycles. The number of thiophene rings is 1. The van der Waals surface area contributed by atoms with Gasteiger partial charge in [0.25, 0.3) is 5.92 Å². The number of benzene rings is 1. The van der Waals surface area contributed by atoms with Gasteiger partial charge in [-0.2, -0.15) is 0 Å². The average Bonchev–Trinajstić information content (AvgIpc) is 3.32. The van der Waals surface area contributed by atoms with Crippen molar-refractivity contribution in [2.75, 3.05) is 20.7 Å². The third kappa shape index (κ3) is 2.57.